The number of para-hydroxylation sites is 1. The number of carbonyl (C=O) groups excluding carboxylic acids is 1. The lowest BCUT2D eigenvalue weighted by molar-refractivity contribution is -0.119. The van der Waals surface area contributed by atoms with Gasteiger partial charge in [0.1, 0.15) is 0 Å². The third kappa shape index (κ3) is 3.43. The summed E-state index contributed by atoms with van der Waals surface area (Å²) < 4.78 is 1.78. The van der Waals surface area contributed by atoms with Gasteiger partial charge in [-0.2, -0.15) is 5.10 Å². The number of aromatic nitrogens is 2. The van der Waals surface area contributed by atoms with E-state index in [0.717, 1.165) is 17.8 Å². The molecule has 1 saturated heterocycles. The number of rotatable bonds is 3. The van der Waals surface area contributed by atoms with Gasteiger partial charge >= 0.3 is 0 Å². The van der Waals surface area contributed by atoms with Gasteiger partial charge in [0.05, 0.1) is 12.1 Å². The summed E-state index contributed by atoms with van der Waals surface area (Å²) in [5.74, 6) is 0.196. The zero-order valence-electron chi connectivity index (χ0n) is 11.8. The number of anilines is 1. The second-order valence-corrected chi connectivity index (χ2v) is 5.17. The lowest BCUT2D eigenvalue weighted by Crippen LogP contribution is -2.27. The van der Waals surface area contributed by atoms with E-state index < -0.39 is 0 Å². The molecule has 3 rings (SSSR count). The molecule has 5 nitrogen and oxygen atoms in total. The van der Waals surface area contributed by atoms with E-state index in [9.17, 15) is 4.79 Å². The Kier molecular flexibility index (Phi) is 4.98. The quantitative estimate of drug-likeness (QED) is 0.909. The molecule has 1 fully saturated rings. The van der Waals surface area contributed by atoms with Gasteiger partial charge < -0.3 is 10.6 Å². The minimum Gasteiger partial charge on any atom is -0.326 e. The highest BCUT2D eigenvalue weighted by Crippen LogP contribution is 2.28. The van der Waals surface area contributed by atoms with Crippen LogP contribution in [0.15, 0.2) is 42.7 Å². The zero-order chi connectivity index (χ0) is 13.9. The minimum atomic E-state index is -0.0561. The Morgan fingerprint density at radius 3 is 2.76 bits per heavy atom. The number of carbonyl (C=O) groups is 1. The van der Waals surface area contributed by atoms with Gasteiger partial charge in [0, 0.05) is 37.9 Å². The van der Waals surface area contributed by atoms with Gasteiger partial charge in [-0.15, -0.1) is 12.4 Å². The Balaban J connectivity index is 0.00000161. The number of hydrogen-bond donors (Lipinski definition) is 2. The molecule has 1 aliphatic rings. The van der Waals surface area contributed by atoms with Crippen molar-refractivity contribution in [1.82, 2.24) is 15.1 Å². The highest BCUT2D eigenvalue weighted by molar-refractivity contribution is 5.93. The number of nitrogens with zero attached hydrogens (tertiary/aromatic N) is 2. The van der Waals surface area contributed by atoms with Crippen LogP contribution in [0.4, 0.5) is 5.69 Å². The van der Waals surface area contributed by atoms with Crippen LogP contribution in [-0.2, 0) is 11.8 Å². The number of aryl methyl sites for hydroxylation is 1. The van der Waals surface area contributed by atoms with Gasteiger partial charge in [-0.3, -0.25) is 9.48 Å². The van der Waals surface area contributed by atoms with Crippen molar-refractivity contribution < 1.29 is 4.79 Å². The molecule has 2 heterocycles. The first-order valence-corrected chi connectivity index (χ1v) is 6.79. The fraction of sp³-hybridized carbons (Fsp3) is 0.333. The van der Waals surface area contributed by atoms with Gasteiger partial charge in [0.25, 0.3) is 0 Å². The SMILES string of the molecule is Cl.Cn1cc([C@H]2CNC[C@@H]2C(=O)Nc2ccccc2)cn1. The second kappa shape index (κ2) is 6.74. The first-order chi connectivity index (χ1) is 9.74. The monoisotopic (exact) mass is 306 g/mol. The van der Waals surface area contributed by atoms with Crippen LogP contribution in [0.25, 0.3) is 0 Å². The van der Waals surface area contributed by atoms with Crippen molar-refractivity contribution in [3.05, 3.63) is 48.3 Å². The summed E-state index contributed by atoms with van der Waals surface area (Å²) in [6.45, 7) is 1.52. The third-order valence-electron chi connectivity index (χ3n) is 3.75. The maximum absolute atomic E-state index is 12.4. The Morgan fingerprint density at radius 1 is 1.33 bits per heavy atom. The third-order valence-corrected chi connectivity index (χ3v) is 3.75. The number of amides is 1. The number of nitrogens with one attached hydrogen (secondary N) is 2. The summed E-state index contributed by atoms with van der Waals surface area (Å²) in [6, 6.07) is 9.58. The fourth-order valence-electron chi connectivity index (χ4n) is 2.69. The summed E-state index contributed by atoms with van der Waals surface area (Å²) in [4.78, 5) is 12.4. The zero-order valence-corrected chi connectivity index (χ0v) is 12.6. The van der Waals surface area contributed by atoms with Crippen molar-refractivity contribution in [3.63, 3.8) is 0 Å². The Bertz CT molecular complexity index is 599. The van der Waals surface area contributed by atoms with E-state index in [1.807, 2.05) is 49.8 Å². The highest BCUT2D eigenvalue weighted by atomic mass is 35.5. The van der Waals surface area contributed by atoms with Crippen molar-refractivity contribution in [2.24, 2.45) is 13.0 Å². The average Bonchev–Trinajstić information content (AvgIpc) is 3.08. The molecule has 0 bridgehead atoms. The minimum absolute atomic E-state index is 0. The van der Waals surface area contributed by atoms with Crippen molar-refractivity contribution >= 4 is 24.0 Å². The Morgan fingerprint density at radius 2 is 2.10 bits per heavy atom. The van der Waals surface area contributed by atoms with Crippen LogP contribution < -0.4 is 10.6 Å². The van der Waals surface area contributed by atoms with Crippen LogP contribution in [-0.4, -0.2) is 28.8 Å². The lowest BCUT2D eigenvalue weighted by Gasteiger charge is -2.17. The van der Waals surface area contributed by atoms with Gasteiger partial charge in [-0.05, 0) is 17.7 Å². The van der Waals surface area contributed by atoms with Crippen LogP contribution in [0.1, 0.15) is 11.5 Å². The summed E-state index contributed by atoms with van der Waals surface area (Å²) >= 11 is 0. The molecular weight excluding hydrogens is 288 g/mol. The summed E-state index contributed by atoms with van der Waals surface area (Å²) in [7, 11) is 1.89. The maximum Gasteiger partial charge on any atom is 0.229 e. The smallest absolute Gasteiger partial charge is 0.229 e. The van der Waals surface area contributed by atoms with Crippen LogP contribution in [0.2, 0.25) is 0 Å². The molecule has 0 aliphatic carbocycles. The van der Waals surface area contributed by atoms with E-state index in [4.69, 9.17) is 0 Å². The summed E-state index contributed by atoms with van der Waals surface area (Å²) in [5.41, 5.74) is 1.96. The second-order valence-electron chi connectivity index (χ2n) is 5.17. The first kappa shape index (κ1) is 15.5. The molecule has 1 aromatic carbocycles. The van der Waals surface area contributed by atoms with Gasteiger partial charge in [-0.1, -0.05) is 18.2 Å². The molecule has 112 valence electrons. The van der Waals surface area contributed by atoms with E-state index in [1.165, 1.54) is 0 Å². The summed E-state index contributed by atoms with van der Waals surface area (Å²) in [6.07, 6.45) is 3.83. The molecule has 0 radical (unpaired) electrons. The van der Waals surface area contributed by atoms with E-state index in [2.05, 4.69) is 15.7 Å². The van der Waals surface area contributed by atoms with Gasteiger partial charge in [0.2, 0.25) is 5.91 Å². The number of hydrogen-bond acceptors (Lipinski definition) is 3. The predicted octanol–water partition coefficient (Wildman–Crippen LogP) is 1.78. The Hall–Kier alpha value is -1.85. The lowest BCUT2D eigenvalue weighted by atomic mass is 9.90. The normalized spacial score (nSPS) is 20.8. The molecule has 1 aliphatic heterocycles. The molecule has 1 aromatic heterocycles. The van der Waals surface area contributed by atoms with Crippen LogP contribution in [0.5, 0.6) is 0 Å². The topological polar surface area (TPSA) is 59.0 Å². The molecule has 0 saturated carbocycles. The molecule has 1 amide bonds. The van der Waals surface area contributed by atoms with Crippen molar-refractivity contribution in [2.75, 3.05) is 18.4 Å². The van der Waals surface area contributed by atoms with Gasteiger partial charge in [-0.25, -0.2) is 0 Å². The van der Waals surface area contributed by atoms with Crippen LogP contribution in [0, 0.1) is 5.92 Å². The maximum atomic E-state index is 12.4. The number of benzene rings is 1. The van der Waals surface area contributed by atoms with E-state index >= 15 is 0 Å². The average molecular weight is 307 g/mol. The van der Waals surface area contributed by atoms with Crippen LogP contribution in [0.3, 0.4) is 0 Å². The van der Waals surface area contributed by atoms with Crippen LogP contribution >= 0.6 is 12.4 Å². The molecule has 2 aromatic rings. The summed E-state index contributed by atoms with van der Waals surface area (Å²) in [5, 5.41) is 10.5. The molecule has 2 N–H and O–H groups in total. The van der Waals surface area contributed by atoms with E-state index in [0.29, 0.717) is 6.54 Å². The fourth-order valence-corrected chi connectivity index (χ4v) is 2.69. The molecule has 0 unspecified atom stereocenters. The predicted molar refractivity (Wildman–Crippen MR) is 84.6 cm³/mol. The first-order valence-electron chi connectivity index (χ1n) is 6.79. The van der Waals surface area contributed by atoms with E-state index in [-0.39, 0.29) is 30.2 Å². The largest absolute Gasteiger partial charge is 0.326 e. The molecular formula is C15H19ClN4O. The standard InChI is InChI=1S/C15H18N4O.ClH/c1-19-10-11(7-17-19)13-8-16-9-14(13)15(20)18-12-5-3-2-4-6-12;/h2-7,10,13-14,16H,8-9H2,1H3,(H,18,20);1H/t13-,14+;/m1./s1. The van der Waals surface area contributed by atoms with Crippen molar-refractivity contribution in [3.8, 4) is 0 Å². The van der Waals surface area contributed by atoms with E-state index in [1.54, 1.807) is 4.68 Å². The number of halogens is 1. The Labute approximate surface area is 130 Å². The molecule has 2 atom stereocenters. The van der Waals surface area contributed by atoms with Crippen molar-refractivity contribution in [2.45, 2.75) is 5.92 Å². The van der Waals surface area contributed by atoms with Crippen molar-refractivity contribution in [1.29, 1.82) is 0 Å². The molecule has 6 heteroatoms. The molecule has 21 heavy (non-hydrogen) atoms. The van der Waals surface area contributed by atoms with Gasteiger partial charge in [0.15, 0.2) is 0 Å². The highest BCUT2D eigenvalue weighted by Gasteiger charge is 2.34. The molecule has 0 spiro atoms.